The number of nitrogens with zero attached hydrogens (tertiary/aromatic N) is 1. The van der Waals surface area contributed by atoms with Crippen molar-refractivity contribution >= 4 is 31.8 Å². The second kappa shape index (κ2) is 8.86. The van der Waals surface area contributed by atoms with E-state index in [1.165, 1.54) is 0 Å². The van der Waals surface area contributed by atoms with Crippen molar-refractivity contribution in [1.29, 1.82) is 0 Å². The zero-order chi connectivity index (χ0) is 22.8. The lowest BCUT2D eigenvalue weighted by Gasteiger charge is -2.20. The molecule has 0 saturated carbocycles. The summed E-state index contributed by atoms with van der Waals surface area (Å²) in [6.45, 7) is 0.858. The largest absolute Gasteiger partial charge is 0.361 e. The van der Waals surface area contributed by atoms with Crippen LogP contribution in [0.5, 0.6) is 0 Å². The number of sulfonamides is 1. The summed E-state index contributed by atoms with van der Waals surface area (Å²) in [5.41, 5.74) is 4.11. The van der Waals surface area contributed by atoms with E-state index in [1.54, 1.807) is 18.3 Å². The van der Waals surface area contributed by atoms with Gasteiger partial charge in [0.25, 0.3) is 0 Å². The molecule has 168 valence electrons. The van der Waals surface area contributed by atoms with Crippen molar-refractivity contribution < 1.29 is 8.42 Å². The molecule has 0 amide bonds. The topological polar surface area (TPSA) is 78.9 Å². The molecule has 0 radical (unpaired) electrons. The number of benzene rings is 3. The Bertz CT molecular complexity index is 1500. The Morgan fingerprint density at radius 2 is 1.76 bits per heavy atom. The molecule has 0 bridgehead atoms. The number of fused-ring (bicyclic) bond motifs is 2. The molecule has 1 atom stereocenters. The van der Waals surface area contributed by atoms with Crippen LogP contribution in [0.1, 0.15) is 17.2 Å². The number of hydrogen-bond donors (Lipinski definition) is 3. The molecular weight excluding hydrogens is 432 g/mol. The first kappa shape index (κ1) is 21.5. The third-order valence-electron chi connectivity index (χ3n) is 6.01. The maximum Gasteiger partial charge on any atom is 0.240 e. The maximum absolute atomic E-state index is 13.1. The van der Waals surface area contributed by atoms with Crippen molar-refractivity contribution in [1.82, 2.24) is 19.6 Å². The van der Waals surface area contributed by atoms with Gasteiger partial charge in [-0.15, -0.1) is 0 Å². The smallest absolute Gasteiger partial charge is 0.240 e. The van der Waals surface area contributed by atoms with E-state index in [2.05, 4.69) is 50.1 Å². The average Bonchev–Trinajstić information content (AvgIpc) is 3.44. The molecule has 2 heterocycles. The van der Waals surface area contributed by atoms with E-state index in [9.17, 15) is 8.42 Å². The van der Waals surface area contributed by atoms with E-state index in [0.29, 0.717) is 6.54 Å². The number of rotatable bonds is 8. The molecule has 0 aliphatic rings. The van der Waals surface area contributed by atoms with Gasteiger partial charge in [-0.25, -0.2) is 13.1 Å². The minimum atomic E-state index is -3.68. The summed E-state index contributed by atoms with van der Waals surface area (Å²) in [4.78, 5) is 3.32. The Kier molecular flexibility index (Phi) is 5.76. The van der Waals surface area contributed by atoms with Gasteiger partial charge in [-0.1, -0.05) is 54.6 Å². The fourth-order valence-corrected chi connectivity index (χ4v) is 5.32. The molecule has 0 fully saturated rings. The normalized spacial score (nSPS) is 13.0. The summed E-state index contributed by atoms with van der Waals surface area (Å²) >= 11 is 0. The molecule has 1 unspecified atom stereocenters. The van der Waals surface area contributed by atoms with Gasteiger partial charge in [-0.3, -0.25) is 0 Å². The maximum atomic E-state index is 13.1. The van der Waals surface area contributed by atoms with Gasteiger partial charge in [-0.2, -0.15) is 0 Å². The molecule has 6 nitrogen and oxygen atoms in total. The Hall–Kier alpha value is -3.39. The van der Waals surface area contributed by atoms with Gasteiger partial charge in [0.1, 0.15) is 0 Å². The molecule has 5 aromatic rings. The molecule has 3 aromatic carbocycles. The summed E-state index contributed by atoms with van der Waals surface area (Å²) in [6, 6.07) is 25.1. The summed E-state index contributed by atoms with van der Waals surface area (Å²) in [7, 11) is -1.67. The standard InChI is InChI=1S/C26H26N4O2S/c1-30-18-23(22-9-5-6-10-26(22)30)25(28-16-19-7-3-2-4-8-19)17-29-33(31,32)21-12-11-20-13-14-27-24(20)15-21/h2-15,18,25,27-29H,16-17H2,1H3. The van der Waals surface area contributed by atoms with Crippen LogP contribution in [0.2, 0.25) is 0 Å². The lowest BCUT2D eigenvalue weighted by atomic mass is 10.1. The summed E-state index contributed by atoms with van der Waals surface area (Å²) in [5, 5.41) is 5.65. The van der Waals surface area contributed by atoms with E-state index in [1.807, 2.05) is 49.5 Å². The van der Waals surface area contributed by atoms with Gasteiger partial charge >= 0.3 is 0 Å². The Morgan fingerprint density at radius 1 is 0.970 bits per heavy atom. The molecule has 0 aliphatic heterocycles. The molecule has 0 saturated heterocycles. The highest BCUT2D eigenvalue weighted by atomic mass is 32.2. The van der Waals surface area contributed by atoms with Gasteiger partial charge in [0.15, 0.2) is 0 Å². The predicted octanol–water partition coefficient (Wildman–Crippen LogP) is 4.47. The van der Waals surface area contributed by atoms with Crippen LogP contribution in [0.15, 0.2) is 96.2 Å². The number of H-pyrrole nitrogens is 1. The first-order valence-electron chi connectivity index (χ1n) is 10.9. The Morgan fingerprint density at radius 3 is 2.61 bits per heavy atom. The molecule has 33 heavy (non-hydrogen) atoms. The van der Waals surface area contributed by atoms with Crippen LogP contribution in [0, 0.1) is 0 Å². The van der Waals surface area contributed by atoms with E-state index in [0.717, 1.165) is 32.9 Å². The number of hydrogen-bond acceptors (Lipinski definition) is 3. The fraction of sp³-hybridized carbons (Fsp3) is 0.154. The van der Waals surface area contributed by atoms with Crippen molar-refractivity contribution in [2.45, 2.75) is 17.5 Å². The minimum Gasteiger partial charge on any atom is -0.361 e. The van der Waals surface area contributed by atoms with E-state index in [4.69, 9.17) is 0 Å². The van der Waals surface area contributed by atoms with Crippen LogP contribution in [0.25, 0.3) is 21.8 Å². The van der Waals surface area contributed by atoms with Crippen molar-refractivity contribution in [3.63, 3.8) is 0 Å². The Balaban J connectivity index is 1.43. The highest BCUT2D eigenvalue weighted by molar-refractivity contribution is 7.89. The van der Waals surface area contributed by atoms with Crippen LogP contribution in [0.3, 0.4) is 0 Å². The summed E-state index contributed by atoms with van der Waals surface area (Å²) in [6.07, 6.45) is 3.88. The molecule has 3 N–H and O–H groups in total. The molecular formula is C26H26N4O2S. The van der Waals surface area contributed by atoms with Crippen molar-refractivity contribution in [2.75, 3.05) is 6.54 Å². The zero-order valence-corrected chi connectivity index (χ0v) is 19.1. The predicted molar refractivity (Wildman–Crippen MR) is 132 cm³/mol. The molecule has 2 aromatic heterocycles. The number of aromatic amines is 1. The van der Waals surface area contributed by atoms with E-state index < -0.39 is 10.0 Å². The second-order valence-electron chi connectivity index (χ2n) is 8.21. The minimum absolute atomic E-state index is 0.208. The van der Waals surface area contributed by atoms with E-state index in [-0.39, 0.29) is 17.5 Å². The van der Waals surface area contributed by atoms with Gasteiger partial charge < -0.3 is 14.9 Å². The van der Waals surface area contributed by atoms with Crippen LogP contribution >= 0.6 is 0 Å². The van der Waals surface area contributed by atoms with Crippen molar-refractivity contribution in [3.05, 3.63) is 102 Å². The zero-order valence-electron chi connectivity index (χ0n) is 18.3. The Labute approximate surface area is 193 Å². The highest BCUT2D eigenvalue weighted by Gasteiger charge is 2.21. The molecule has 0 aliphatic carbocycles. The molecule has 5 rings (SSSR count). The monoisotopic (exact) mass is 458 g/mol. The number of aromatic nitrogens is 2. The molecule has 7 heteroatoms. The van der Waals surface area contributed by atoms with Crippen LogP contribution in [0.4, 0.5) is 0 Å². The van der Waals surface area contributed by atoms with Gasteiger partial charge in [0, 0.05) is 55.0 Å². The van der Waals surface area contributed by atoms with Crippen molar-refractivity contribution in [3.8, 4) is 0 Å². The van der Waals surface area contributed by atoms with Crippen LogP contribution in [-0.2, 0) is 23.6 Å². The third-order valence-corrected chi connectivity index (χ3v) is 7.43. The van der Waals surface area contributed by atoms with Gasteiger partial charge in [-0.05, 0) is 40.8 Å². The van der Waals surface area contributed by atoms with Gasteiger partial charge in [0.05, 0.1) is 4.90 Å². The molecule has 0 spiro atoms. The third kappa shape index (κ3) is 4.43. The van der Waals surface area contributed by atoms with Crippen LogP contribution < -0.4 is 10.0 Å². The number of aryl methyl sites for hydroxylation is 1. The first-order chi connectivity index (χ1) is 16.0. The quantitative estimate of drug-likeness (QED) is 0.321. The van der Waals surface area contributed by atoms with Gasteiger partial charge in [0.2, 0.25) is 10.0 Å². The second-order valence-corrected chi connectivity index (χ2v) is 9.98. The SMILES string of the molecule is Cn1cc(C(CNS(=O)(=O)c2ccc3cc[nH]c3c2)NCc2ccccc2)c2ccccc21. The number of para-hydroxylation sites is 1. The number of nitrogens with one attached hydrogen (secondary N) is 3. The fourth-order valence-electron chi connectivity index (χ4n) is 4.25. The summed E-state index contributed by atoms with van der Waals surface area (Å²) < 4.78 is 31.1. The highest BCUT2D eigenvalue weighted by Crippen LogP contribution is 2.27. The van der Waals surface area contributed by atoms with Crippen molar-refractivity contribution in [2.24, 2.45) is 7.05 Å². The van der Waals surface area contributed by atoms with Crippen LogP contribution in [-0.4, -0.2) is 24.5 Å². The van der Waals surface area contributed by atoms with E-state index >= 15 is 0 Å². The lowest BCUT2D eigenvalue weighted by Crippen LogP contribution is -2.34. The summed E-state index contributed by atoms with van der Waals surface area (Å²) in [5.74, 6) is 0. The first-order valence-corrected chi connectivity index (χ1v) is 12.4. The average molecular weight is 459 g/mol. The lowest BCUT2D eigenvalue weighted by molar-refractivity contribution is 0.514.